The molecule has 0 saturated carbocycles. The van der Waals surface area contributed by atoms with E-state index in [0.29, 0.717) is 23.7 Å². The number of halogens is 1. The van der Waals surface area contributed by atoms with Crippen LogP contribution in [0.3, 0.4) is 0 Å². The molecule has 7 heteroatoms. The Morgan fingerprint density at radius 3 is 2.24 bits per heavy atom. The molecule has 0 spiro atoms. The summed E-state index contributed by atoms with van der Waals surface area (Å²) in [5, 5.41) is 3.15. The third kappa shape index (κ3) is 5.95. The summed E-state index contributed by atoms with van der Waals surface area (Å²) >= 11 is 6.02. The number of nitrogens with one attached hydrogen (secondary N) is 1. The van der Waals surface area contributed by atoms with E-state index >= 15 is 0 Å². The molecule has 0 aromatic heterocycles. The lowest BCUT2D eigenvalue weighted by Crippen LogP contribution is -2.45. The number of carbonyl (C=O) groups excluding carboxylic acids is 3. The summed E-state index contributed by atoms with van der Waals surface area (Å²) < 4.78 is 0. The van der Waals surface area contributed by atoms with E-state index in [1.165, 1.54) is 12.8 Å². The van der Waals surface area contributed by atoms with Gasteiger partial charge in [0.05, 0.1) is 10.6 Å². The van der Waals surface area contributed by atoms with Crippen LogP contribution < -0.4 is 5.32 Å². The molecule has 6 nitrogen and oxygen atoms in total. The van der Waals surface area contributed by atoms with Crippen molar-refractivity contribution in [2.24, 2.45) is 5.92 Å². The molecule has 158 valence electrons. The van der Waals surface area contributed by atoms with Gasteiger partial charge in [-0.05, 0) is 37.8 Å². The Kier molecular flexibility index (Phi) is 7.92. The molecule has 1 aromatic rings. The fraction of sp³-hybridized carbons (Fsp3) is 0.591. The van der Waals surface area contributed by atoms with Gasteiger partial charge in [0, 0.05) is 45.1 Å². The van der Waals surface area contributed by atoms with Crippen LogP contribution in [0.25, 0.3) is 0 Å². The first-order valence-corrected chi connectivity index (χ1v) is 11.0. The van der Waals surface area contributed by atoms with E-state index < -0.39 is 0 Å². The predicted octanol–water partition coefficient (Wildman–Crippen LogP) is 3.10. The van der Waals surface area contributed by atoms with Crippen LogP contribution in [0, 0.1) is 5.92 Å². The number of likely N-dealkylation sites (tertiary alicyclic amines) is 2. The monoisotopic (exact) mass is 419 g/mol. The fourth-order valence-corrected chi connectivity index (χ4v) is 4.33. The highest BCUT2D eigenvalue weighted by Crippen LogP contribution is 2.22. The Morgan fingerprint density at radius 2 is 1.59 bits per heavy atom. The Balaban J connectivity index is 1.39. The highest BCUT2D eigenvalue weighted by Gasteiger charge is 2.30. The quantitative estimate of drug-likeness (QED) is 0.797. The maximum absolute atomic E-state index is 12.8. The van der Waals surface area contributed by atoms with Crippen LogP contribution in [-0.4, -0.2) is 60.2 Å². The Labute approximate surface area is 177 Å². The lowest BCUT2D eigenvalue weighted by atomic mass is 9.95. The number of rotatable bonds is 5. The standard InChI is InChI=1S/C22H30ClN3O3/c23-19-8-4-3-7-18(19)21(28)24-12-9-20(27)25-15-10-17(11-16-25)22(29)26-13-5-1-2-6-14-26/h3-4,7-8,17H,1-2,5-6,9-16H2,(H,24,28). The summed E-state index contributed by atoms with van der Waals surface area (Å²) in [6, 6.07) is 6.84. The molecule has 1 aromatic carbocycles. The van der Waals surface area contributed by atoms with Crippen LogP contribution in [0.5, 0.6) is 0 Å². The number of hydrogen-bond donors (Lipinski definition) is 1. The maximum atomic E-state index is 12.8. The lowest BCUT2D eigenvalue weighted by molar-refractivity contribution is -0.140. The zero-order valence-electron chi connectivity index (χ0n) is 16.9. The van der Waals surface area contributed by atoms with E-state index in [2.05, 4.69) is 5.32 Å². The molecule has 2 heterocycles. The zero-order chi connectivity index (χ0) is 20.6. The molecule has 0 unspecified atom stereocenters. The van der Waals surface area contributed by atoms with Gasteiger partial charge in [0.2, 0.25) is 11.8 Å². The topological polar surface area (TPSA) is 69.7 Å². The summed E-state index contributed by atoms with van der Waals surface area (Å²) in [6.07, 6.45) is 6.33. The first-order valence-electron chi connectivity index (χ1n) is 10.7. The molecule has 2 aliphatic rings. The average molecular weight is 420 g/mol. The van der Waals surface area contributed by atoms with Gasteiger partial charge in [-0.1, -0.05) is 36.6 Å². The smallest absolute Gasteiger partial charge is 0.252 e. The molecule has 3 amide bonds. The van der Waals surface area contributed by atoms with E-state index in [4.69, 9.17) is 11.6 Å². The molecule has 3 rings (SSSR count). The molecule has 2 aliphatic heterocycles. The van der Waals surface area contributed by atoms with Crippen molar-refractivity contribution in [2.45, 2.75) is 44.9 Å². The van der Waals surface area contributed by atoms with E-state index in [0.717, 1.165) is 38.8 Å². The fourth-order valence-electron chi connectivity index (χ4n) is 4.11. The number of carbonyl (C=O) groups is 3. The van der Waals surface area contributed by atoms with E-state index in [1.807, 2.05) is 9.80 Å². The van der Waals surface area contributed by atoms with Gasteiger partial charge in [0.25, 0.3) is 5.91 Å². The normalized spacial score (nSPS) is 18.2. The van der Waals surface area contributed by atoms with E-state index in [-0.39, 0.29) is 36.6 Å². The van der Waals surface area contributed by atoms with Crippen LogP contribution in [-0.2, 0) is 9.59 Å². The second-order valence-corrected chi connectivity index (χ2v) is 8.29. The summed E-state index contributed by atoms with van der Waals surface area (Å²) in [5.41, 5.74) is 0.412. The van der Waals surface area contributed by atoms with Crippen molar-refractivity contribution in [3.8, 4) is 0 Å². The average Bonchev–Trinajstić information content (AvgIpc) is 3.03. The first-order chi connectivity index (χ1) is 14.1. The van der Waals surface area contributed by atoms with Gasteiger partial charge in [0.15, 0.2) is 0 Å². The molecular formula is C22H30ClN3O3. The molecule has 0 bridgehead atoms. The van der Waals surface area contributed by atoms with E-state index in [9.17, 15) is 14.4 Å². The highest BCUT2D eigenvalue weighted by molar-refractivity contribution is 6.33. The van der Waals surface area contributed by atoms with Crippen LogP contribution in [0.1, 0.15) is 55.3 Å². The second kappa shape index (κ2) is 10.6. The minimum absolute atomic E-state index is 0.0186. The van der Waals surface area contributed by atoms with Crippen LogP contribution in [0.4, 0.5) is 0 Å². The van der Waals surface area contributed by atoms with Gasteiger partial charge < -0.3 is 15.1 Å². The lowest BCUT2D eigenvalue weighted by Gasteiger charge is -2.34. The first kappa shape index (κ1) is 21.6. The van der Waals surface area contributed by atoms with Crippen LogP contribution in [0.15, 0.2) is 24.3 Å². The van der Waals surface area contributed by atoms with E-state index in [1.54, 1.807) is 24.3 Å². The second-order valence-electron chi connectivity index (χ2n) is 7.88. The maximum Gasteiger partial charge on any atom is 0.252 e. The number of piperidine rings is 1. The third-order valence-electron chi connectivity index (χ3n) is 5.86. The summed E-state index contributed by atoms with van der Waals surface area (Å²) in [5.74, 6) is 0.0540. The SMILES string of the molecule is O=C(NCCC(=O)N1CCC(C(=O)N2CCCCCC2)CC1)c1ccccc1Cl. The van der Waals surface area contributed by atoms with Crippen LogP contribution in [0.2, 0.25) is 5.02 Å². The molecule has 0 atom stereocenters. The number of nitrogens with zero attached hydrogens (tertiary/aromatic N) is 2. The van der Waals surface area contributed by atoms with Gasteiger partial charge in [-0.15, -0.1) is 0 Å². The predicted molar refractivity (Wildman–Crippen MR) is 113 cm³/mol. The summed E-state index contributed by atoms with van der Waals surface area (Å²) in [4.78, 5) is 41.2. The van der Waals surface area contributed by atoms with Gasteiger partial charge in [-0.2, -0.15) is 0 Å². The van der Waals surface area contributed by atoms with Crippen molar-refractivity contribution >= 4 is 29.3 Å². The van der Waals surface area contributed by atoms with Crippen molar-refractivity contribution in [3.63, 3.8) is 0 Å². The Hall–Kier alpha value is -2.08. The molecule has 2 fully saturated rings. The van der Waals surface area contributed by atoms with Gasteiger partial charge >= 0.3 is 0 Å². The van der Waals surface area contributed by atoms with Crippen molar-refractivity contribution in [1.29, 1.82) is 0 Å². The number of benzene rings is 1. The van der Waals surface area contributed by atoms with Gasteiger partial charge in [-0.3, -0.25) is 14.4 Å². The van der Waals surface area contributed by atoms with Crippen LogP contribution >= 0.6 is 11.6 Å². The minimum atomic E-state index is -0.273. The van der Waals surface area contributed by atoms with Crippen molar-refractivity contribution in [3.05, 3.63) is 34.9 Å². The zero-order valence-corrected chi connectivity index (χ0v) is 17.6. The van der Waals surface area contributed by atoms with Gasteiger partial charge in [0.1, 0.15) is 0 Å². The molecule has 29 heavy (non-hydrogen) atoms. The van der Waals surface area contributed by atoms with Crippen molar-refractivity contribution < 1.29 is 14.4 Å². The third-order valence-corrected chi connectivity index (χ3v) is 6.19. The Bertz CT molecular complexity index is 724. The molecular weight excluding hydrogens is 390 g/mol. The highest BCUT2D eigenvalue weighted by atomic mass is 35.5. The number of hydrogen-bond acceptors (Lipinski definition) is 3. The largest absolute Gasteiger partial charge is 0.351 e. The van der Waals surface area contributed by atoms with Crippen molar-refractivity contribution in [1.82, 2.24) is 15.1 Å². The number of amides is 3. The summed E-state index contributed by atoms with van der Waals surface area (Å²) in [6.45, 7) is 3.25. The van der Waals surface area contributed by atoms with Crippen molar-refractivity contribution in [2.75, 3.05) is 32.7 Å². The minimum Gasteiger partial charge on any atom is -0.351 e. The van der Waals surface area contributed by atoms with Gasteiger partial charge in [-0.25, -0.2) is 0 Å². The Morgan fingerprint density at radius 1 is 0.931 bits per heavy atom. The summed E-state index contributed by atoms with van der Waals surface area (Å²) in [7, 11) is 0. The molecule has 2 saturated heterocycles. The molecule has 1 N–H and O–H groups in total. The molecule has 0 radical (unpaired) electrons. The molecule has 0 aliphatic carbocycles.